The number of esters is 1. The number of ether oxygens (including phenoxy) is 14. The van der Waals surface area contributed by atoms with Crippen molar-refractivity contribution in [1.82, 2.24) is 21.3 Å². The highest BCUT2D eigenvalue weighted by molar-refractivity contribution is 6.12. The van der Waals surface area contributed by atoms with E-state index in [0.717, 1.165) is 65.3 Å². The summed E-state index contributed by atoms with van der Waals surface area (Å²) in [5.41, 5.74) is 3.30. The van der Waals surface area contributed by atoms with Crippen molar-refractivity contribution in [2.75, 3.05) is 113 Å². The van der Waals surface area contributed by atoms with Crippen LogP contribution >= 0.6 is 0 Å². The molecule has 12 aromatic rings. The largest absolute Gasteiger partial charge is 0.491 e. The van der Waals surface area contributed by atoms with Gasteiger partial charge in [0, 0.05) is 70.2 Å². The van der Waals surface area contributed by atoms with Crippen molar-refractivity contribution in [2.24, 2.45) is 0 Å². The first-order chi connectivity index (χ1) is 59.9. The molecular weight excluding hydrogens is 1560 g/mol. The highest BCUT2D eigenvalue weighted by Crippen LogP contribution is 2.51. The average Bonchev–Trinajstić information content (AvgIpc) is 1.67. The lowest BCUT2D eigenvalue weighted by Gasteiger charge is -2.37. The summed E-state index contributed by atoms with van der Waals surface area (Å²) in [7, 11) is 1.22. The molecule has 16 rings (SSSR count). The summed E-state index contributed by atoms with van der Waals surface area (Å²) >= 11 is 0. The van der Waals surface area contributed by atoms with Crippen LogP contribution in [0.2, 0.25) is 0 Å². The monoisotopic (exact) mass is 1660 g/mol. The third kappa shape index (κ3) is 18.5. The zero-order chi connectivity index (χ0) is 85.0. The lowest BCUT2D eigenvalue weighted by atomic mass is 9.84. The van der Waals surface area contributed by atoms with Crippen LogP contribution in [0.5, 0.6) is 46.0 Å². The fourth-order valence-corrected chi connectivity index (χ4v) is 17.0. The second-order valence-electron chi connectivity index (χ2n) is 31.9. The van der Waals surface area contributed by atoms with Crippen molar-refractivity contribution in [3.05, 3.63) is 241 Å². The maximum absolute atomic E-state index is 16.2. The summed E-state index contributed by atoms with van der Waals surface area (Å²) in [6, 6.07) is 68.3. The Morgan fingerprint density at radius 3 is 0.846 bits per heavy atom. The number of carbonyl (C=O) groups excluding carboxylic acids is 5. The number of hydrogen-bond acceptors (Lipinski definition) is 19. The summed E-state index contributed by atoms with van der Waals surface area (Å²) in [6.07, 6.45) is -1.60. The van der Waals surface area contributed by atoms with E-state index >= 15 is 14.4 Å². The minimum absolute atomic E-state index is 0.0877. The molecule has 23 heteroatoms. The topological polar surface area (TPSA) is 263 Å². The van der Waals surface area contributed by atoms with E-state index in [1.807, 2.05) is 146 Å². The van der Waals surface area contributed by atoms with Crippen LogP contribution in [0.1, 0.15) is 56.9 Å². The fraction of sp³-hybridized carbons (Fsp3) is 0.310. The molecule has 0 saturated carbocycles. The van der Waals surface area contributed by atoms with Gasteiger partial charge in [0.05, 0.1) is 60.0 Å². The van der Waals surface area contributed by atoms with Gasteiger partial charge in [-0.05, 0) is 148 Å². The summed E-state index contributed by atoms with van der Waals surface area (Å²) < 4.78 is 89.8. The Bertz CT molecular complexity index is 5620. The van der Waals surface area contributed by atoms with E-state index in [9.17, 15) is 9.59 Å². The Morgan fingerprint density at radius 2 is 0.569 bits per heavy atom. The lowest BCUT2D eigenvalue weighted by molar-refractivity contribution is -0.146. The molecule has 0 spiro atoms. The molecule has 0 unspecified atom stereocenters. The summed E-state index contributed by atoms with van der Waals surface area (Å²) in [5, 5.41) is 20.2. The van der Waals surface area contributed by atoms with E-state index in [-0.39, 0.29) is 131 Å². The number of hydrogen-bond donors (Lipinski definition) is 4. The number of rotatable bonds is 8. The van der Waals surface area contributed by atoms with Crippen LogP contribution in [0.25, 0.3) is 87.6 Å². The molecular formula is C100H100N4O19. The smallest absolute Gasteiger partial charge is 0.408 e. The number of alkyl carbamates (subject to hydrolysis) is 1. The summed E-state index contributed by atoms with van der Waals surface area (Å²) in [5.74, 6) is 1.36. The van der Waals surface area contributed by atoms with Crippen molar-refractivity contribution in [3.63, 3.8) is 0 Å². The number of fused-ring (bicyclic) bond motifs is 14. The minimum Gasteiger partial charge on any atom is -0.491 e. The van der Waals surface area contributed by atoms with Gasteiger partial charge in [0.1, 0.15) is 128 Å². The number of nitrogens with one attached hydrogen (secondary N) is 4. The third-order valence-corrected chi connectivity index (χ3v) is 22.5. The summed E-state index contributed by atoms with van der Waals surface area (Å²) in [4.78, 5) is 75.9. The molecule has 4 amide bonds. The van der Waals surface area contributed by atoms with Gasteiger partial charge in [-0.2, -0.15) is 0 Å². The van der Waals surface area contributed by atoms with Gasteiger partial charge in [0.2, 0.25) is 17.7 Å². The van der Waals surface area contributed by atoms with Gasteiger partial charge in [-0.15, -0.1) is 0 Å². The van der Waals surface area contributed by atoms with Crippen LogP contribution < -0.4 is 59.2 Å². The van der Waals surface area contributed by atoms with Crippen LogP contribution in [0.4, 0.5) is 4.79 Å². The van der Waals surface area contributed by atoms with Gasteiger partial charge in [-0.1, -0.05) is 170 Å². The van der Waals surface area contributed by atoms with Crippen molar-refractivity contribution >= 4 is 72.9 Å². The molecule has 23 nitrogen and oxygen atoms in total. The van der Waals surface area contributed by atoms with E-state index in [4.69, 9.17) is 66.3 Å². The Balaban J connectivity index is 0.688. The normalized spacial score (nSPS) is 16.3. The van der Waals surface area contributed by atoms with E-state index in [1.165, 1.54) is 21.0 Å². The summed E-state index contributed by atoms with van der Waals surface area (Å²) in [6.45, 7) is 10.8. The molecule has 0 bridgehead atoms. The molecule has 634 valence electrons. The third-order valence-electron chi connectivity index (χ3n) is 22.5. The molecule has 0 fully saturated rings. The van der Waals surface area contributed by atoms with Gasteiger partial charge in [-0.25, -0.2) is 9.59 Å². The first kappa shape index (κ1) is 83.7. The van der Waals surface area contributed by atoms with Crippen LogP contribution in [-0.2, 0) is 73.3 Å². The molecule has 2 aliphatic heterocycles. The molecule has 0 saturated heterocycles. The van der Waals surface area contributed by atoms with E-state index in [1.54, 1.807) is 32.9 Å². The van der Waals surface area contributed by atoms with Crippen LogP contribution in [0.15, 0.2) is 218 Å². The van der Waals surface area contributed by atoms with E-state index in [2.05, 4.69) is 81.9 Å². The maximum Gasteiger partial charge on any atom is 0.408 e. The standard InChI is InChI=1S/C100H100N4O19/c1-63(101-96(108)100(104-97(109)123-98(3,4)5)61-71-25-17-33-79-87(71)88-72(62-100)26-18-34-80(88)118-54-46-114-50-58-122-84-42-38-68-22-10-14-30-76(68)92(84)91-75-29-13-9-21-67(75)37-41-83(91)121-57-49-113-45-53-117-79)93(105)103-99(95(107)102-64(2)94(106)110-6)59-69-23-15-31-77-85(69)86-70(60-99)24-16-32-78(86)116-52-44-112-48-56-120-82-40-36-66-20-8-12-28-74(66)90(82)89-73-27-11-7-19-65(73)35-39-81(89)119-55-47-111-43-51-115-77/h7-42,63-64H,43-62H2,1-6H3,(H,101,108)(H,102,107)(H,103,105)(H,104,109)/t63-,64-/m0/s1. The number of amides is 4. The molecule has 12 aromatic carbocycles. The van der Waals surface area contributed by atoms with Crippen molar-refractivity contribution in [3.8, 4) is 90.5 Å². The molecule has 2 heterocycles. The van der Waals surface area contributed by atoms with Gasteiger partial charge >= 0.3 is 12.1 Å². The quantitative estimate of drug-likeness (QED) is 0.103. The number of carbonyl (C=O) groups is 5. The molecule has 2 aliphatic carbocycles. The first-order valence-electron chi connectivity index (χ1n) is 41.9. The van der Waals surface area contributed by atoms with E-state index in [0.29, 0.717) is 90.5 Å². The second-order valence-corrected chi connectivity index (χ2v) is 31.9. The van der Waals surface area contributed by atoms with Gasteiger partial charge in [0.25, 0.3) is 0 Å². The van der Waals surface area contributed by atoms with Crippen molar-refractivity contribution in [2.45, 2.75) is 89.1 Å². The predicted octanol–water partition coefficient (Wildman–Crippen LogP) is 15.7. The number of methoxy groups -OCH3 is 1. The highest BCUT2D eigenvalue weighted by atomic mass is 16.6. The van der Waals surface area contributed by atoms with Crippen LogP contribution in [0.3, 0.4) is 0 Å². The second kappa shape index (κ2) is 37.6. The molecule has 4 aliphatic rings. The Kier molecular flexibility index (Phi) is 25.6. The van der Waals surface area contributed by atoms with Gasteiger partial charge in [0.15, 0.2) is 0 Å². The molecule has 123 heavy (non-hydrogen) atoms. The fourth-order valence-electron chi connectivity index (χ4n) is 17.0. The lowest BCUT2D eigenvalue weighted by Crippen LogP contribution is -2.67. The average molecular weight is 1660 g/mol. The zero-order valence-corrected chi connectivity index (χ0v) is 69.8. The van der Waals surface area contributed by atoms with Gasteiger partial charge in [-0.3, -0.25) is 14.4 Å². The first-order valence-corrected chi connectivity index (χ1v) is 41.9. The molecule has 0 radical (unpaired) electrons. The van der Waals surface area contributed by atoms with Crippen LogP contribution in [0, 0.1) is 0 Å². The highest BCUT2D eigenvalue weighted by Gasteiger charge is 2.49. The van der Waals surface area contributed by atoms with E-state index < -0.39 is 58.5 Å². The predicted molar refractivity (Wildman–Crippen MR) is 470 cm³/mol. The Hall–Kier alpha value is -12.9. The molecule has 4 N–H and O–H groups in total. The zero-order valence-electron chi connectivity index (χ0n) is 69.8. The van der Waals surface area contributed by atoms with Crippen LogP contribution in [-0.4, -0.2) is 171 Å². The Morgan fingerprint density at radius 1 is 0.309 bits per heavy atom. The Labute approximate surface area is 713 Å². The van der Waals surface area contributed by atoms with Crippen molar-refractivity contribution < 1.29 is 90.3 Å². The van der Waals surface area contributed by atoms with Gasteiger partial charge < -0.3 is 87.6 Å². The maximum atomic E-state index is 16.2. The minimum atomic E-state index is -1.93. The molecule has 2 atom stereocenters. The number of benzene rings is 12. The molecule has 0 aromatic heterocycles. The van der Waals surface area contributed by atoms with Crippen molar-refractivity contribution in [1.29, 1.82) is 0 Å². The SMILES string of the molecule is COC(=O)[C@H](C)NC(=O)C1(NC(=O)[C@H](C)NC(=O)C2(NC(=O)OC(C)(C)C)Cc3cccc4c3-c3c(cccc3OCCOCCOc3ccc5ccccc5c3-c3c(ccc5ccccc35)OCCOCCO4)C2)Cc2cccc3c2-c2c(cccc2OCCOCCOc2ccc4ccccc4c2-c2c(ccc4ccccc24)OCCOCCO3)C1.